The van der Waals surface area contributed by atoms with Crippen molar-refractivity contribution in [3.63, 3.8) is 0 Å². The molecule has 0 bridgehead atoms. The number of benzene rings is 1. The lowest BCUT2D eigenvalue weighted by atomic mass is 10.1. The number of anilines is 1. The molecule has 1 aromatic carbocycles. The molecule has 0 radical (unpaired) electrons. The molecular weight excluding hydrogens is 307 g/mol. The molecule has 1 rings (SSSR count). The largest absolute Gasteiger partial charge is 0.481 e. The van der Waals surface area contributed by atoms with Crippen molar-refractivity contribution < 1.29 is 19.1 Å². The average molecular weight is 319 g/mol. The Kier molecular flexibility index (Phi) is 4.66. The molecule has 98 valence electrons. The number of carbonyl (C=O) groups excluding carboxylic acids is 1. The van der Waals surface area contributed by atoms with Gasteiger partial charge in [0.25, 0.3) is 5.91 Å². The molecule has 0 aliphatic heterocycles. The van der Waals surface area contributed by atoms with Crippen molar-refractivity contribution in [2.24, 2.45) is 5.92 Å². The molecule has 1 aromatic rings. The van der Waals surface area contributed by atoms with Gasteiger partial charge in [0, 0.05) is 12.2 Å². The number of nitrogens with one attached hydrogen (secondary N) is 1. The van der Waals surface area contributed by atoms with Crippen LogP contribution in [-0.4, -0.2) is 23.5 Å². The molecule has 5 nitrogen and oxygen atoms in total. The lowest BCUT2D eigenvalue weighted by Gasteiger charge is -2.11. The third-order valence-corrected chi connectivity index (χ3v) is 2.96. The van der Waals surface area contributed by atoms with Gasteiger partial charge in [-0.2, -0.15) is 0 Å². The SMILES string of the molecule is CC(CNC(=O)c1c(N)ccc(Br)c1F)C(=O)O. The van der Waals surface area contributed by atoms with Crippen LogP contribution in [0.15, 0.2) is 16.6 Å². The summed E-state index contributed by atoms with van der Waals surface area (Å²) in [5, 5.41) is 11.0. The second kappa shape index (κ2) is 5.81. The van der Waals surface area contributed by atoms with E-state index in [-0.39, 0.29) is 22.3 Å². The molecular formula is C11H12BrFN2O3. The highest BCUT2D eigenvalue weighted by molar-refractivity contribution is 9.10. The van der Waals surface area contributed by atoms with Crippen molar-refractivity contribution in [2.45, 2.75) is 6.92 Å². The number of nitrogen functional groups attached to an aromatic ring is 1. The van der Waals surface area contributed by atoms with Crippen LogP contribution in [0.5, 0.6) is 0 Å². The van der Waals surface area contributed by atoms with Gasteiger partial charge in [0.15, 0.2) is 5.82 Å². The van der Waals surface area contributed by atoms with Crippen molar-refractivity contribution >= 4 is 33.5 Å². The number of nitrogens with two attached hydrogens (primary N) is 1. The molecule has 1 atom stereocenters. The summed E-state index contributed by atoms with van der Waals surface area (Å²) in [4.78, 5) is 22.3. The van der Waals surface area contributed by atoms with Crippen molar-refractivity contribution in [1.29, 1.82) is 0 Å². The van der Waals surface area contributed by atoms with Crippen molar-refractivity contribution in [2.75, 3.05) is 12.3 Å². The summed E-state index contributed by atoms with van der Waals surface area (Å²) in [5.41, 5.74) is 5.23. The highest BCUT2D eigenvalue weighted by atomic mass is 79.9. The maximum absolute atomic E-state index is 13.7. The van der Waals surface area contributed by atoms with Gasteiger partial charge >= 0.3 is 5.97 Å². The molecule has 0 heterocycles. The molecule has 0 fully saturated rings. The number of rotatable bonds is 4. The fourth-order valence-electron chi connectivity index (χ4n) is 1.22. The summed E-state index contributed by atoms with van der Waals surface area (Å²) in [6.45, 7) is 1.34. The van der Waals surface area contributed by atoms with E-state index in [1.165, 1.54) is 19.1 Å². The van der Waals surface area contributed by atoms with Gasteiger partial charge in [0.2, 0.25) is 0 Å². The fourth-order valence-corrected chi connectivity index (χ4v) is 1.55. The Hall–Kier alpha value is -1.63. The van der Waals surface area contributed by atoms with Gasteiger partial charge in [-0.15, -0.1) is 0 Å². The van der Waals surface area contributed by atoms with Gasteiger partial charge in [-0.1, -0.05) is 6.92 Å². The maximum Gasteiger partial charge on any atom is 0.308 e. The van der Waals surface area contributed by atoms with Crippen LogP contribution in [0, 0.1) is 11.7 Å². The first-order valence-corrected chi connectivity index (χ1v) is 5.88. The normalized spacial score (nSPS) is 11.9. The monoisotopic (exact) mass is 318 g/mol. The van der Waals surface area contributed by atoms with Crippen LogP contribution in [0.1, 0.15) is 17.3 Å². The summed E-state index contributed by atoms with van der Waals surface area (Å²) in [6.07, 6.45) is 0. The highest BCUT2D eigenvalue weighted by Crippen LogP contribution is 2.23. The molecule has 4 N–H and O–H groups in total. The smallest absolute Gasteiger partial charge is 0.308 e. The quantitative estimate of drug-likeness (QED) is 0.735. The maximum atomic E-state index is 13.7. The zero-order valence-corrected chi connectivity index (χ0v) is 11.1. The standard InChI is InChI=1S/C11H12BrFN2O3/c1-5(11(17)18)4-15-10(16)8-7(14)3-2-6(12)9(8)13/h2-3,5H,4,14H2,1H3,(H,15,16)(H,17,18). The third kappa shape index (κ3) is 3.19. The number of carboxylic acids is 1. The molecule has 1 unspecified atom stereocenters. The Morgan fingerprint density at radius 3 is 2.72 bits per heavy atom. The van der Waals surface area contributed by atoms with Crippen molar-refractivity contribution in [3.8, 4) is 0 Å². The lowest BCUT2D eigenvalue weighted by molar-refractivity contribution is -0.140. The second-order valence-corrected chi connectivity index (χ2v) is 4.63. The van der Waals surface area contributed by atoms with Crippen LogP contribution < -0.4 is 11.1 Å². The second-order valence-electron chi connectivity index (χ2n) is 3.77. The van der Waals surface area contributed by atoms with Crippen LogP contribution in [0.3, 0.4) is 0 Å². The minimum Gasteiger partial charge on any atom is -0.481 e. The minimum absolute atomic E-state index is 0.00354. The predicted octanol–water partition coefficient (Wildman–Crippen LogP) is 1.62. The molecule has 0 saturated heterocycles. The van der Waals surface area contributed by atoms with E-state index in [0.717, 1.165) is 0 Å². The fraction of sp³-hybridized carbons (Fsp3) is 0.273. The molecule has 0 spiro atoms. The Morgan fingerprint density at radius 2 is 2.17 bits per heavy atom. The Bertz CT molecular complexity index is 493. The number of carbonyl (C=O) groups is 2. The van der Waals surface area contributed by atoms with Crippen molar-refractivity contribution in [3.05, 3.63) is 28.0 Å². The van der Waals surface area contributed by atoms with Crippen LogP contribution in [0.4, 0.5) is 10.1 Å². The highest BCUT2D eigenvalue weighted by Gasteiger charge is 2.19. The number of aliphatic carboxylic acids is 1. The first-order chi connectivity index (χ1) is 8.34. The Labute approximate surface area is 111 Å². The molecule has 1 amide bonds. The van der Waals surface area contributed by atoms with Gasteiger partial charge in [0.05, 0.1) is 16.0 Å². The predicted molar refractivity (Wildman–Crippen MR) is 67.6 cm³/mol. The lowest BCUT2D eigenvalue weighted by Crippen LogP contribution is -2.32. The summed E-state index contributed by atoms with van der Waals surface area (Å²) in [5.74, 6) is -3.31. The number of carboxylic acid groups (broad SMARTS) is 1. The molecule has 7 heteroatoms. The average Bonchev–Trinajstić information content (AvgIpc) is 2.31. The first-order valence-electron chi connectivity index (χ1n) is 5.09. The van der Waals surface area contributed by atoms with E-state index in [2.05, 4.69) is 21.2 Å². The van der Waals surface area contributed by atoms with Gasteiger partial charge in [-0.05, 0) is 28.1 Å². The topological polar surface area (TPSA) is 92.4 Å². The van der Waals surface area contributed by atoms with E-state index in [1.54, 1.807) is 0 Å². The molecule has 18 heavy (non-hydrogen) atoms. The molecule has 0 aliphatic rings. The van der Waals surface area contributed by atoms with Gasteiger partial charge in [-0.25, -0.2) is 4.39 Å². The summed E-state index contributed by atoms with van der Waals surface area (Å²) < 4.78 is 13.8. The number of hydrogen-bond donors (Lipinski definition) is 3. The Balaban J connectivity index is 2.85. The van der Waals surface area contributed by atoms with Crippen molar-refractivity contribution in [1.82, 2.24) is 5.32 Å². The first kappa shape index (κ1) is 14.4. The number of hydrogen-bond acceptors (Lipinski definition) is 3. The van der Waals surface area contributed by atoms with E-state index < -0.39 is 23.6 Å². The molecule has 0 aliphatic carbocycles. The molecule has 0 aromatic heterocycles. The van der Waals surface area contributed by atoms with Gasteiger partial charge < -0.3 is 16.2 Å². The van der Waals surface area contributed by atoms with Crippen LogP contribution in [-0.2, 0) is 4.79 Å². The van der Waals surface area contributed by atoms with Gasteiger partial charge in [0.1, 0.15) is 0 Å². The summed E-state index contributed by atoms with van der Waals surface area (Å²) in [6, 6.07) is 2.78. The van der Waals surface area contributed by atoms with E-state index >= 15 is 0 Å². The Morgan fingerprint density at radius 1 is 1.56 bits per heavy atom. The number of amides is 1. The molecule has 0 saturated carbocycles. The van der Waals surface area contributed by atoms with E-state index in [9.17, 15) is 14.0 Å². The zero-order valence-electron chi connectivity index (χ0n) is 9.54. The third-order valence-electron chi connectivity index (χ3n) is 2.34. The number of halogens is 2. The van der Waals surface area contributed by atoms with Crippen LogP contribution >= 0.6 is 15.9 Å². The van der Waals surface area contributed by atoms with Crippen LogP contribution in [0.25, 0.3) is 0 Å². The van der Waals surface area contributed by atoms with Gasteiger partial charge in [-0.3, -0.25) is 9.59 Å². The summed E-state index contributed by atoms with van der Waals surface area (Å²) >= 11 is 2.95. The summed E-state index contributed by atoms with van der Waals surface area (Å²) in [7, 11) is 0. The van der Waals surface area contributed by atoms with Crippen LogP contribution in [0.2, 0.25) is 0 Å². The van der Waals surface area contributed by atoms with E-state index in [0.29, 0.717) is 0 Å². The van der Waals surface area contributed by atoms with E-state index in [4.69, 9.17) is 10.8 Å². The van der Waals surface area contributed by atoms with E-state index in [1.807, 2.05) is 0 Å². The zero-order chi connectivity index (χ0) is 13.9. The minimum atomic E-state index is -1.04.